The molecule has 0 spiro atoms. The molecule has 1 aliphatic rings. The monoisotopic (exact) mass is 429 g/mol. The van der Waals surface area contributed by atoms with Crippen LogP contribution in [0.3, 0.4) is 0 Å². The molecule has 29 heavy (non-hydrogen) atoms. The quantitative estimate of drug-likeness (QED) is 0.532. The maximum absolute atomic E-state index is 12.9. The van der Waals surface area contributed by atoms with Crippen LogP contribution in [-0.2, 0) is 4.79 Å². The third-order valence-electron chi connectivity index (χ3n) is 3.99. The Kier molecular flexibility index (Phi) is 6.24. The van der Waals surface area contributed by atoms with Crippen molar-refractivity contribution in [2.24, 2.45) is 0 Å². The van der Waals surface area contributed by atoms with Crippen LogP contribution in [0, 0.1) is 0 Å². The van der Waals surface area contributed by atoms with Crippen molar-refractivity contribution in [3.63, 3.8) is 0 Å². The summed E-state index contributed by atoms with van der Waals surface area (Å²) >= 11 is 6.52. The molecule has 0 atom stereocenters. The summed E-state index contributed by atoms with van der Waals surface area (Å²) in [7, 11) is 1.56. The van der Waals surface area contributed by atoms with Crippen molar-refractivity contribution >= 4 is 51.9 Å². The maximum atomic E-state index is 12.9. The number of carboxylic acid groups (broad SMARTS) is 1. The van der Waals surface area contributed by atoms with Gasteiger partial charge in [0.15, 0.2) is 15.8 Å². The second kappa shape index (κ2) is 8.67. The van der Waals surface area contributed by atoms with E-state index in [-0.39, 0.29) is 17.6 Å². The van der Waals surface area contributed by atoms with Crippen LogP contribution in [0.25, 0.3) is 6.08 Å². The third-order valence-corrected chi connectivity index (χ3v) is 5.30. The summed E-state index contributed by atoms with van der Waals surface area (Å²) in [6.07, 6.45) is 1.73. The molecule has 1 heterocycles. The number of aromatic carboxylic acids is 1. The first kappa shape index (κ1) is 20.9. The molecule has 0 aromatic heterocycles. The molecule has 0 unspecified atom stereocenters. The van der Waals surface area contributed by atoms with E-state index in [2.05, 4.69) is 0 Å². The molecular weight excluding hydrogens is 410 g/mol. The average Bonchev–Trinajstić information content (AvgIpc) is 2.95. The first-order valence-electron chi connectivity index (χ1n) is 8.76. The molecule has 150 valence electrons. The van der Waals surface area contributed by atoms with Gasteiger partial charge in [-0.05, 0) is 55.8 Å². The second-order valence-electron chi connectivity index (χ2n) is 6.45. The van der Waals surface area contributed by atoms with Crippen molar-refractivity contribution in [3.05, 3.63) is 58.5 Å². The van der Waals surface area contributed by atoms with E-state index in [4.69, 9.17) is 21.7 Å². The van der Waals surface area contributed by atoms with E-state index in [1.165, 1.54) is 17.0 Å². The van der Waals surface area contributed by atoms with E-state index in [1.807, 2.05) is 19.9 Å². The highest BCUT2D eigenvalue weighted by Gasteiger charge is 2.33. The largest absolute Gasteiger partial charge is 0.493 e. The molecule has 1 saturated heterocycles. The van der Waals surface area contributed by atoms with Gasteiger partial charge in [0.1, 0.15) is 0 Å². The fourth-order valence-corrected chi connectivity index (χ4v) is 4.04. The van der Waals surface area contributed by atoms with Crippen LogP contribution in [0.1, 0.15) is 29.8 Å². The minimum Gasteiger partial charge on any atom is -0.493 e. The lowest BCUT2D eigenvalue weighted by molar-refractivity contribution is -0.113. The van der Waals surface area contributed by atoms with Crippen molar-refractivity contribution in [1.82, 2.24) is 0 Å². The number of carbonyl (C=O) groups is 2. The second-order valence-corrected chi connectivity index (χ2v) is 8.13. The number of ether oxygens (including phenoxy) is 2. The van der Waals surface area contributed by atoms with E-state index in [1.54, 1.807) is 37.5 Å². The number of rotatable bonds is 6. The van der Waals surface area contributed by atoms with Gasteiger partial charge >= 0.3 is 5.97 Å². The SMILES string of the molecule is COc1cc(/C=C2/SC(=S)N(c3cccc(C(=O)O)c3)C2=O)ccc1OC(C)C. The molecule has 1 amide bonds. The molecule has 1 N–H and O–H groups in total. The molecule has 1 fully saturated rings. The van der Waals surface area contributed by atoms with Crippen LogP contribution < -0.4 is 14.4 Å². The van der Waals surface area contributed by atoms with Crippen LogP contribution in [0.5, 0.6) is 11.5 Å². The van der Waals surface area contributed by atoms with Gasteiger partial charge in [0, 0.05) is 0 Å². The zero-order valence-corrected chi connectivity index (χ0v) is 17.7. The molecule has 6 nitrogen and oxygen atoms in total. The van der Waals surface area contributed by atoms with E-state index in [0.717, 1.165) is 17.3 Å². The summed E-state index contributed by atoms with van der Waals surface area (Å²) < 4.78 is 11.4. The Morgan fingerprint density at radius 3 is 2.62 bits per heavy atom. The van der Waals surface area contributed by atoms with Gasteiger partial charge in [0.05, 0.1) is 29.4 Å². The lowest BCUT2D eigenvalue weighted by Crippen LogP contribution is -2.27. The highest BCUT2D eigenvalue weighted by Crippen LogP contribution is 2.37. The van der Waals surface area contributed by atoms with Gasteiger partial charge < -0.3 is 14.6 Å². The Balaban J connectivity index is 1.90. The Morgan fingerprint density at radius 1 is 1.21 bits per heavy atom. The van der Waals surface area contributed by atoms with E-state index < -0.39 is 5.97 Å². The summed E-state index contributed by atoms with van der Waals surface area (Å²) in [6.45, 7) is 3.86. The smallest absolute Gasteiger partial charge is 0.335 e. The summed E-state index contributed by atoms with van der Waals surface area (Å²) in [4.78, 5) is 25.9. The van der Waals surface area contributed by atoms with Crippen molar-refractivity contribution in [2.45, 2.75) is 20.0 Å². The Morgan fingerprint density at radius 2 is 1.97 bits per heavy atom. The topological polar surface area (TPSA) is 76.1 Å². The van der Waals surface area contributed by atoms with Gasteiger partial charge in [-0.3, -0.25) is 9.69 Å². The summed E-state index contributed by atoms with van der Waals surface area (Å²) in [5.74, 6) is -0.178. The summed E-state index contributed by atoms with van der Waals surface area (Å²) in [5, 5.41) is 9.18. The molecule has 0 radical (unpaired) electrons. The standard InChI is InChI=1S/C21H19NO5S2/c1-12(2)27-16-8-7-13(9-17(16)26-3)10-18-19(23)22(21(28)29-18)15-6-4-5-14(11-15)20(24)25/h4-12H,1-3H3,(H,24,25)/b18-10+. The van der Waals surface area contributed by atoms with Gasteiger partial charge in [0.25, 0.3) is 5.91 Å². The number of carbonyl (C=O) groups excluding carboxylic acids is 1. The lowest BCUT2D eigenvalue weighted by Gasteiger charge is -2.15. The van der Waals surface area contributed by atoms with E-state index in [9.17, 15) is 14.7 Å². The Hall–Kier alpha value is -2.84. The maximum Gasteiger partial charge on any atom is 0.335 e. The fraction of sp³-hybridized carbons (Fsp3) is 0.190. The zero-order chi connectivity index (χ0) is 21.1. The van der Waals surface area contributed by atoms with Gasteiger partial charge in [-0.15, -0.1) is 0 Å². The van der Waals surface area contributed by atoms with Crippen molar-refractivity contribution in [2.75, 3.05) is 12.0 Å². The first-order chi connectivity index (χ1) is 13.8. The minimum absolute atomic E-state index is 0.00701. The van der Waals surface area contributed by atoms with E-state index in [0.29, 0.717) is 26.4 Å². The van der Waals surface area contributed by atoms with Gasteiger partial charge in [-0.2, -0.15) is 0 Å². The van der Waals surface area contributed by atoms with Crippen LogP contribution >= 0.6 is 24.0 Å². The zero-order valence-electron chi connectivity index (χ0n) is 16.0. The van der Waals surface area contributed by atoms with Gasteiger partial charge in [-0.1, -0.05) is 36.1 Å². The van der Waals surface area contributed by atoms with Gasteiger partial charge in [0.2, 0.25) is 0 Å². The molecule has 3 rings (SSSR count). The molecule has 0 aliphatic carbocycles. The molecule has 0 saturated carbocycles. The number of benzene rings is 2. The Labute approximate surface area is 178 Å². The summed E-state index contributed by atoms with van der Waals surface area (Å²) in [6, 6.07) is 11.5. The number of hydrogen-bond donors (Lipinski definition) is 1. The summed E-state index contributed by atoms with van der Waals surface area (Å²) in [5.41, 5.74) is 1.28. The number of hydrogen-bond acceptors (Lipinski definition) is 6. The number of methoxy groups -OCH3 is 1. The molecule has 2 aromatic carbocycles. The molecular formula is C21H19NO5S2. The highest BCUT2D eigenvalue weighted by molar-refractivity contribution is 8.27. The number of amides is 1. The average molecular weight is 430 g/mol. The number of nitrogens with zero attached hydrogens (tertiary/aromatic N) is 1. The Bertz CT molecular complexity index is 1020. The van der Waals surface area contributed by atoms with Gasteiger partial charge in [-0.25, -0.2) is 4.79 Å². The minimum atomic E-state index is -1.07. The van der Waals surface area contributed by atoms with Crippen molar-refractivity contribution < 1.29 is 24.2 Å². The van der Waals surface area contributed by atoms with Crippen LogP contribution in [0.2, 0.25) is 0 Å². The number of carboxylic acids is 1. The normalized spacial score (nSPS) is 15.3. The predicted octanol–water partition coefficient (Wildman–Crippen LogP) is 4.59. The van der Waals surface area contributed by atoms with Crippen molar-refractivity contribution in [1.29, 1.82) is 0 Å². The highest BCUT2D eigenvalue weighted by atomic mass is 32.2. The van der Waals surface area contributed by atoms with E-state index >= 15 is 0 Å². The molecule has 2 aromatic rings. The van der Waals surface area contributed by atoms with Crippen LogP contribution in [0.4, 0.5) is 5.69 Å². The number of thioether (sulfide) groups is 1. The number of thiocarbonyl (C=S) groups is 1. The number of anilines is 1. The van der Waals surface area contributed by atoms with Crippen molar-refractivity contribution in [3.8, 4) is 11.5 Å². The molecule has 1 aliphatic heterocycles. The fourth-order valence-electron chi connectivity index (χ4n) is 2.74. The third kappa shape index (κ3) is 4.60. The molecule has 8 heteroatoms. The van der Waals surface area contributed by atoms with Crippen LogP contribution in [0.15, 0.2) is 47.4 Å². The lowest BCUT2D eigenvalue weighted by atomic mass is 10.1. The van der Waals surface area contributed by atoms with Crippen LogP contribution in [-0.4, -0.2) is 34.5 Å². The first-order valence-corrected chi connectivity index (χ1v) is 9.98. The molecule has 0 bridgehead atoms. The predicted molar refractivity (Wildman–Crippen MR) is 118 cm³/mol.